The van der Waals surface area contributed by atoms with Crippen molar-refractivity contribution in [3.05, 3.63) is 0 Å². The lowest BCUT2D eigenvalue weighted by Gasteiger charge is -2.24. The highest BCUT2D eigenvalue weighted by Crippen LogP contribution is 2.18. The van der Waals surface area contributed by atoms with Gasteiger partial charge in [-0.15, -0.1) is 0 Å². The fourth-order valence-corrected chi connectivity index (χ4v) is 2.47. The number of hydrogen-bond acceptors (Lipinski definition) is 3. The monoisotopic (exact) mass is 286 g/mol. The van der Waals surface area contributed by atoms with Crippen molar-refractivity contribution in [3.8, 4) is 0 Å². The Bertz CT molecular complexity index is 346. The summed E-state index contributed by atoms with van der Waals surface area (Å²) in [6.07, 6.45) is 2.37. The summed E-state index contributed by atoms with van der Waals surface area (Å²) >= 11 is 0. The van der Waals surface area contributed by atoms with Gasteiger partial charge in [-0.25, -0.2) is 9.59 Å². The molecule has 1 saturated heterocycles. The Morgan fingerprint density at radius 3 is 2.50 bits per heavy atom. The van der Waals surface area contributed by atoms with Crippen LogP contribution in [0.2, 0.25) is 0 Å². The third kappa shape index (κ3) is 5.00. The first-order chi connectivity index (χ1) is 9.31. The molecule has 0 spiro atoms. The van der Waals surface area contributed by atoms with Crippen LogP contribution in [0, 0.1) is 5.92 Å². The molecule has 0 aromatic heterocycles. The maximum absolute atomic E-state index is 12.1. The zero-order valence-electron chi connectivity index (χ0n) is 12.5. The van der Waals surface area contributed by atoms with E-state index in [0.717, 1.165) is 19.3 Å². The van der Waals surface area contributed by atoms with Gasteiger partial charge in [0.15, 0.2) is 0 Å². The summed E-state index contributed by atoms with van der Waals surface area (Å²) in [6.45, 7) is 6.32. The van der Waals surface area contributed by atoms with E-state index in [1.165, 1.54) is 4.90 Å². The zero-order chi connectivity index (χ0) is 15.3. The molecule has 2 amide bonds. The van der Waals surface area contributed by atoms with E-state index in [1.54, 1.807) is 0 Å². The molecule has 0 radical (unpaired) electrons. The molecular weight excluding hydrogens is 260 g/mol. The average molecular weight is 286 g/mol. The number of carbonyl (C=O) groups is 2. The molecule has 6 heteroatoms. The van der Waals surface area contributed by atoms with Crippen LogP contribution >= 0.6 is 0 Å². The van der Waals surface area contributed by atoms with Crippen molar-refractivity contribution in [3.63, 3.8) is 0 Å². The molecule has 6 nitrogen and oxygen atoms in total. The van der Waals surface area contributed by atoms with Crippen LogP contribution in [-0.2, 0) is 4.79 Å². The molecule has 0 bridgehead atoms. The number of likely N-dealkylation sites (tertiary alicyclic amines) is 1. The number of nitrogens with one attached hydrogen (secondary N) is 1. The Labute approximate surface area is 120 Å². The molecule has 1 aliphatic heterocycles. The molecule has 116 valence electrons. The van der Waals surface area contributed by atoms with E-state index in [0.29, 0.717) is 5.92 Å². The van der Waals surface area contributed by atoms with Crippen LogP contribution in [-0.4, -0.2) is 51.8 Å². The zero-order valence-corrected chi connectivity index (χ0v) is 12.5. The van der Waals surface area contributed by atoms with Crippen molar-refractivity contribution in [1.29, 1.82) is 0 Å². The summed E-state index contributed by atoms with van der Waals surface area (Å²) in [7, 11) is 0. The minimum atomic E-state index is -1.07. The van der Waals surface area contributed by atoms with E-state index in [4.69, 9.17) is 5.11 Å². The Kier molecular flexibility index (Phi) is 6.26. The minimum Gasteiger partial charge on any atom is -0.480 e. The van der Waals surface area contributed by atoms with Gasteiger partial charge >= 0.3 is 12.0 Å². The third-order valence-electron chi connectivity index (χ3n) is 3.61. The second kappa shape index (κ2) is 7.47. The molecule has 1 rings (SSSR count). The van der Waals surface area contributed by atoms with Gasteiger partial charge in [0.1, 0.15) is 6.04 Å². The normalized spacial score (nSPS) is 23.9. The Balaban J connectivity index is 2.43. The molecule has 1 aliphatic rings. The molecule has 1 fully saturated rings. The van der Waals surface area contributed by atoms with Crippen LogP contribution in [0.15, 0.2) is 0 Å². The fourth-order valence-electron chi connectivity index (χ4n) is 2.47. The first-order valence-electron chi connectivity index (χ1n) is 7.29. The highest BCUT2D eigenvalue weighted by molar-refractivity contribution is 5.83. The van der Waals surface area contributed by atoms with Gasteiger partial charge in [0.05, 0.1) is 6.10 Å². The van der Waals surface area contributed by atoms with Crippen molar-refractivity contribution in [2.75, 3.05) is 6.54 Å². The number of aliphatic hydroxyl groups is 1. The largest absolute Gasteiger partial charge is 0.480 e. The van der Waals surface area contributed by atoms with Gasteiger partial charge < -0.3 is 20.4 Å². The number of β-amino-alcohol motifs (C(OH)–C–C–N with tert-alkyl or cyclic N) is 1. The highest BCUT2D eigenvalue weighted by Gasteiger charge is 2.39. The number of aliphatic carboxylic acids is 1. The minimum absolute atomic E-state index is 0.00781. The smallest absolute Gasteiger partial charge is 0.326 e. The van der Waals surface area contributed by atoms with Crippen LogP contribution < -0.4 is 5.32 Å². The van der Waals surface area contributed by atoms with Crippen LogP contribution in [0.4, 0.5) is 4.79 Å². The summed E-state index contributed by atoms with van der Waals surface area (Å²) in [4.78, 5) is 24.3. The quantitative estimate of drug-likeness (QED) is 0.689. The summed E-state index contributed by atoms with van der Waals surface area (Å²) in [5.41, 5.74) is 0. The SMILES string of the molecule is CC(C)CCCC(C)NC(=O)N1C[C@H](O)C[C@@H]1C(=O)O. The molecule has 0 aromatic carbocycles. The Morgan fingerprint density at radius 2 is 1.95 bits per heavy atom. The van der Waals surface area contributed by atoms with Gasteiger partial charge in [0.25, 0.3) is 0 Å². The average Bonchev–Trinajstić information content (AvgIpc) is 2.71. The Hall–Kier alpha value is -1.30. The van der Waals surface area contributed by atoms with Gasteiger partial charge in [-0.3, -0.25) is 0 Å². The number of aliphatic hydroxyl groups excluding tert-OH is 1. The van der Waals surface area contributed by atoms with Gasteiger partial charge in [0, 0.05) is 19.0 Å². The van der Waals surface area contributed by atoms with Crippen molar-refractivity contribution >= 4 is 12.0 Å². The lowest BCUT2D eigenvalue weighted by Crippen LogP contribution is -2.48. The number of hydrogen-bond donors (Lipinski definition) is 3. The van der Waals surface area contributed by atoms with Crippen molar-refractivity contribution < 1.29 is 19.8 Å². The van der Waals surface area contributed by atoms with Crippen LogP contribution in [0.5, 0.6) is 0 Å². The molecule has 0 aromatic rings. The number of nitrogens with zero attached hydrogens (tertiary/aromatic N) is 1. The number of carboxylic acid groups (broad SMARTS) is 1. The molecule has 3 atom stereocenters. The van der Waals surface area contributed by atoms with E-state index in [2.05, 4.69) is 19.2 Å². The first-order valence-corrected chi connectivity index (χ1v) is 7.29. The molecular formula is C14H26N2O4. The molecule has 3 N–H and O–H groups in total. The van der Waals surface area contributed by atoms with Gasteiger partial charge in [-0.2, -0.15) is 0 Å². The molecule has 20 heavy (non-hydrogen) atoms. The van der Waals surface area contributed by atoms with Crippen LogP contribution in [0.25, 0.3) is 0 Å². The van der Waals surface area contributed by atoms with E-state index >= 15 is 0 Å². The van der Waals surface area contributed by atoms with Crippen LogP contribution in [0.3, 0.4) is 0 Å². The number of urea groups is 1. The second-order valence-electron chi connectivity index (χ2n) is 6.07. The molecule has 0 saturated carbocycles. The second-order valence-corrected chi connectivity index (χ2v) is 6.07. The van der Waals surface area contributed by atoms with Crippen molar-refractivity contribution in [2.24, 2.45) is 5.92 Å². The van der Waals surface area contributed by atoms with Crippen LogP contribution in [0.1, 0.15) is 46.5 Å². The summed E-state index contributed by atoms with van der Waals surface area (Å²) < 4.78 is 0. The summed E-state index contributed by atoms with van der Waals surface area (Å²) in [5, 5.41) is 21.4. The predicted molar refractivity (Wildman–Crippen MR) is 75.4 cm³/mol. The van der Waals surface area contributed by atoms with E-state index in [-0.39, 0.29) is 19.0 Å². The fraction of sp³-hybridized carbons (Fsp3) is 0.857. The number of rotatable bonds is 6. The topological polar surface area (TPSA) is 89.9 Å². The maximum atomic E-state index is 12.1. The third-order valence-corrected chi connectivity index (χ3v) is 3.61. The number of carboxylic acids is 1. The van der Waals surface area contributed by atoms with Crippen molar-refractivity contribution in [2.45, 2.75) is 64.6 Å². The molecule has 1 unspecified atom stereocenters. The Morgan fingerprint density at radius 1 is 1.30 bits per heavy atom. The maximum Gasteiger partial charge on any atom is 0.326 e. The van der Waals surface area contributed by atoms with Gasteiger partial charge in [0.2, 0.25) is 0 Å². The molecule has 0 aliphatic carbocycles. The van der Waals surface area contributed by atoms with E-state index in [1.807, 2.05) is 6.92 Å². The van der Waals surface area contributed by atoms with E-state index in [9.17, 15) is 14.7 Å². The summed E-state index contributed by atoms with van der Waals surface area (Å²) in [6, 6.07) is -1.31. The predicted octanol–water partition coefficient (Wildman–Crippen LogP) is 1.43. The van der Waals surface area contributed by atoms with E-state index < -0.39 is 24.1 Å². The number of amides is 2. The summed E-state index contributed by atoms with van der Waals surface area (Å²) in [5.74, 6) is -0.424. The van der Waals surface area contributed by atoms with Gasteiger partial charge in [-0.1, -0.05) is 26.7 Å². The van der Waals surface area contributed by atoms with Gasteiger partial charge in [-0.05, 0) is 19.3 Å². The highest BCUT2D eigenvalue weighted by atomic mass is 16.4. The first kappa shape index (κ1) is 16.8. The lowest BCUT2D eigenvalue weighted by molar-refractivity contribution is -0.141. The van der Waals surface area contributed by atoms with Crippen molar-refractivity contribution in [1.82, 2.24) is 10.2 Å². The lowest BCUT2D eigenvalue weighted by atomic mass is 10.0. The molecule has 1 heterocycles. The number of carbonyl (C=O) groups excluding carboxylic acids is 1. The standard InChI is InChI=1S/C14H26N2O4/c1-9(2)5-4-6-10(3)15-14(20)16-8-11(17)7-12(16)13(18)19/h9-12,17H,4-8H2,1-3H3,(H,15,20)(H,18,19)/t10?,11-,12-/m1/s1.